The molecule has 0 bridgehead atoms. The van der Waals surface area contributed by atoms with Gasteiger partial charge in [-0.25, -0.2) is 13.4 Å². The third-order valence-electron chi connectivity index (χ3n) is 3.84. The molecule has 2 aromatic carbocycles. The van der Waals surface area contributed by atoms with E-state index in [-0.39, 0.29) is 5.75 Å². The maximum atomic E-state index is 12.3. The molecule has 0 spiro atoms. The van der Waals surface area contributed by atoms with Gasteiger partial charge in [0.2, 0.25) is 5.91 Å². The highest BCUT2D eigenvalue weighted by molar-refractivity contribution is 7.91. The van der Waals surface area contributed by atoms with Crippen molar-refractivity contribution in [1.29, 1.82) is 5.26 Å². The van der Waals surface area contributed by atoms with Crippen molar-refractivity contribution in [2.75, 3.05) is 11.1 Å². The van der Waals surface area contributed by atoms with Gasteiger partial charge in [0.15, 0.2) is 15.7 Å². The van der Waals surface area contributed by atoms with E-state index in [1.807, 2.05) is 6.07 Å². The highest BCUT2D eigenvalue weighted by atomic mass is 32.2. The van der Waals surface area contributed by atoms with Crippen LogP contribution in [0.5, 0.6) is 0 Å². The van der Waals surface area contributed by atoms with Crippen LogP contribution in [0.4, 0.5) is 5.69 Å². The Kier molecular flexibility index (Phi) is 5.52. The number of nitrogens with one attached hydrogen (secondary N) is 2. The van der Waals surface area contributed by atoms with Gasteiger partial charge in [0.25, 0.3) is 0 Å². The number of nitriles is 1. The van der Waals surface area contributed by atoms with Crippen LogP contribution in [0.3, 0.4) is 0 Å². The molecule has 3 rings (SSSR count). The molecule has 1 heterocycles. The number of aryl methyl sites for hydroxylation is 1. The van der Waals surface area contributed by atoms with Crippen LogP contribution in [0.25, 0.3) is 11.4 Å². The van der Waals surface area contributed by atoms with Gasteiger partial charge in [-0.15, -0.1) is 0 Å². The van der Waals surface area contributed by atoms with E-state index in [0.717, 1.165) is 5.56 Å². The van der Waals surface area contributed by atoms with Crippen LogP contribution in [0, 0.1) is 18.3 Å². The maximum Gasteiger partial charge on any atom is 0.239 e. The summed E-state index contributed by atoms with van der Waals surface area (Å²) < 4.78 is 24.5. The van der Waals surface area contributed by atoms with E-state index in [2.05, 4.69) is 20.5 Å². The van der Waals surface area contributed by atoms with Crippen LogP contribution in [0.15, 0.2) is 48.5 Å². The van der Waals surface area contributed by atoms with Gasteiger partial charge in [-0.3, -0.25) is 9.89 Å². The molecule has 0 saturated carbocycles. The zero-order valence-electron chi connectivity index (χ0n) is 15.0. The Hall–Kier alpha value is -3.51. The molecule has 8 nitrogen and oxygen atoms in total. The summed E-state index contributed by atoms with van der Waals surface area (Å²) >= 11 is 0. The first-order valence-corrected chi connectivity index (χ1v) is 10.2. The van der Waals surface area contributed by atoms with Crippen LogP contribution in [0.1, 0.15) is 17.0 Å². The molecule has 0 aliphatic rings. The van der Waals surface area contributed by atoms with Gasteiger partial charge < -0.3 is 5.32 Å². The summed E-state index contributed by atoms with van der Waals surface area (Å²) in [6.45, 7) is 1.80. The number of hydrogen-bond acceptors (Lipinski definition) is 6. The molecular weight excluding hydrogens is 378 g/mol. The lowest BCUT2D eigenvalue weighted by molar-refractivity contribution is -0.113. The number of rotatable bonds is 6. The molecule has 28 heavy (non-hydrogen) atoms. The van der Waals surface area contributed by atoms with Gasteiger partial charge in [0.1, 0.15) is 11.6 Å². The molecular formula is C19H17N5O3S. The first-order chi connectivity index (χ1) is 13.3. The Bertz CT molecular complexity index is 1130. The van der Waals surface area contributed by atoms with Crippen molar-refractivity contribution >= 4 is 21.4 Å². The van der Waals surface area contributed by atoms with Crippen molar-refractivity contribution in [3.05, 3.63) is 65.5 Å². The summed E-state index contributed by atoms with van der Waals surface area (Å²) in [5.41, 5.74) is 2.23. The molecule has 0 unspecified atom stereocenters. The molecule has 1 amide bonds. The number of nitrogens with zero attached hydrogens (tertiary/aromatic N) is 3. The second-order valence-electron chi connectivity index (χ2n) is 6.21. The lowest BCUT2D eigenvalue weighted by Gasteiger charge is -2.07. The SMILES string of the molecule is Cc1nc(-c2ccc(NC(=O)CS(=O)(=O)Cc3ccc(C#N)cc3)cc2)n[nH]1. The van der Waals surface area contributed by atoms with Crippen LogP contribution >= 0.6 is 0 Å². The summed E-state index contributed by atoms with van der Waals surface area (Å²) in [5.74, 6) is -0.278. The smallest absolute Gasteiger partial charge is 0.239 e. The minimum atomic E-state index is -3.64. The molecule has 0 aliphatic heterocycles. The standard InChI is InChI=1S/C19H17N5O3S/c1-13-21-19(24-23-13)16-6-8-17(9-7-16)22-18(25)12-28(26,27)11-15-4-2-14(10-20)3-5-15/h2-9H,11-12H2,1H3,(H,22,25)(H,21,23,24). The quantitative estimate of drug-likeness (QED) is 0.658. The summed E-state index contributed by atoms with van der Waals surface area (Å²) in [6, 6.07) is 15.0. The zero-order valence-corrected chi connectivity index (χ0v) is 15.8. The molecule has 0 atom stereocenters. The first kappa shape index (κ1) is 19.3. The fourth-order valence-electron chi connectivity index (χ4n) is 2.55. The minimum absolute atomic E-state index is 0.269. The minimum Gasteiger partial charge on any atom is -0.325 e. The summed E-state index contributed by atoms with van der Waals surface area (Å²) in [6.07, 6.45) is 0. The second-order valence-corrected chi connectivity index (χ2v) is 8.28. The van der Waals surface area contributed by atoms with E-state index in [0.29, 0.717) is 28.5 Å². The van der Waals surface area contributed by atoms with Gasteiger partial charge in [-0.05, 0) is 48.9 Å². The number of aromatic amines is 1. The van der Waals surface area contributed by atoms with E-state index >= 15 is 0 Å². The Morgan fingerprint density at radius 2 is 1.82 bits per heavy atom. The van der Waals surface area contributed by atoms with Crippen LogP contribution < -0.4 is 5.32 Å². The van der Waals surface area contributed by atoms with Gasteiger partial charge >= 0.3 is 0 Å². The van der Waals surface area contributed by atoms with Crippen molar-refractivity contribution < 1.29 is 13.2 Å². The molecule has 3 aromatic rings. The van der Waals surface area contributed by atoms with E-state index in [9.17, 15) is 13.2 Å². The number of carbonyl (C=O) groups excluding carboxylic acids is 1. The predicted molar refractivity (Wildman–Crippen MR) is 104 cm³/mol. The average molecular weight is 395 g/mol. The van der Waals surface area contributed by atoms with E-state index < -0.39 is 21.5 Å². The number of H-pyrrole nitrogens is 1. The molecule has 0 saturated heterocycles. The molecule has 0 fully saturated rings. The number of benzene rings is 2. The summed E-state index contributed by atoms with van der Waals surface area (Å²) in [5, 5.41) is 18.2. The van der Waals surface area contributed by atoms with Crippen molar-refractivity contribution in [3.8, 4) is 17.5 Å². The van der Waals surface area contributed by atoms with Crippen molar-refractivity contribution in [2.45, 2.75) is 12.7 Å². The number of aromatic nitrogens is 3. The zero-order chi connectivity index (χ0) is 20.1. The van der Waals surface area contributed by atoms with Crippen molar-refractivity contribution in [3.63, 3.8) is 0 Å². The molecule has 142 valence electrons. The molecule has 9 heteroatoms. The number of anilines is 1. The number of hydrogen-bond donors (Lipinski definition) is 2. The Labute approximate surface area is 162 Å². The van der Waals surface area contributed by atoms with Crippen LogP contribution in [0.2, 0.25) is 0 Å². The number of carbonyl (C=O) groups is 1. The van der Waals surface area contributed by atoms with Gasteiger partial charge in [0.05, 0.1) is 17.4 Å². The van der Waals surface area contributed by atoms with E-state index in [1.165, 1.54) is 0 Å². The summed E-state index contributed by atoms with van der Waals surface area (Å²) in [7, 11) is -3.64. The fourth-order valence-corrected chi connectivity index (χ4v) is 3.83. The normalized spacial score (nSPS) is 11.0. The van der Waals surface area contributed by atoms with Gasteiger partial charge in [-0.1, -0.05) is 12.1 Å². The lowest BCUT2D eigenvalue weighted by atomic mass is 10.2. The van der Waals surface area contributed by atoms with Crippen LogP contribution in [-0.4, -0.2) is 35.3 Å². The van der Waals surface area contributed by atoms with Crippen LogP contribution in [-0.2, 0) is 20.4 Å². The third kappa shape index (κ3) is 5.02. The maximum absolute atomic E-state index is 12.3. The Balaban J connectivity index is 1.60. The number of amides is 1. The average Bonchev–Trinajstić information content (AvgIpc) is 3.08. The monoisotopic (exact) mass is 395 g/mol. The molecule has 1 aromatic heterocycles. The second kappa shape index (κ2) is 8.02. The van der Waals surface area contributed by atoms with Crippen molar-refractivity contribution in [1.82, 2.24) is 15.2 Å². The van der Waals surface area contributed by atoms with Gasteiger partial charge in [-0.2, -0.15) is 10.4 Å². The summed E-state index contributed by atoms with van der Waals surface area (Å²) in [4.78, 5) is 16.3. The van der Waals surface area contributed by atoms with E-state index in [4.69, 9.17) is 5.26 Å². The first-order valence-electron chi connectivity index (χ1n) is 8.33. The lowest BCUT2D eigenvalue weighted by Crippen LogP contribution is -2.23. The molecule has 2 N–H and O–H groups in total. The van der Waals surface area contributed by atoms with Gasteiger partial charge in [0, 0.05) is 11.3 Å². The third-order valence-corrected chi connectivity index (χ3v) is 5.32. The predicted octanol–water partition coefficient (Wildman–Crippen LogP) is 2.21. The Morgan fingerprint density at radius 1 is 1.14 bits per heavy atom. The van der Waals surface area contributed by atoms with Crippen molar-refractivity contribution in [2.24, 2.45) is 0 Å². The highest BCUT2D eigenvalue weighted by Gasteiger charge is 2.18. The topological polar surface area (TPSA) is 129 Å². The highest BCUT2D eigenvalue weighted by Crippen LogP contribution is 2.18. The Morgan fingerprint density at radius 3 is 2.39 bits per heavy atom. The largest absolute Gasteiger partial charge is 0.325 e. The molecule has 0 aliphatic carbocycles. The van der Waals surface area contributed by atoms with E-state index in [1.54, 1.807) is 55.5 Å². The number of sulfone groups is 1. The molecule has 0 radical (unpaired) electrons. The fraction of sp³-hybridized carbons (Fsp3) is 0.158.